The Morgan fingerprint density at radius 3 is 1.31 bits per heavy atom. The van der Waals surface area contributed by atoms with Crippen LogP contribution < -0.4 is 0 Å². The number of carbonyl (C=O) groups excluding carboxylic acids is 2. The third-order valence-electron chi connectivity index (χ3n) is 7.68. The first-order valence-electron chi connectivity index (χ1n) is 12.5. The van der Waals surface area contributed by atoms with Crippen LogP contribution in [0.3, 0.4) is 0 Å². The van der Waals surface area contributed by atoms with E-state index in [-0.39, 0.29) is 24.1 Å². The molecule has 4 nitrogen and oxygen atoms in total. The van der Waals surface area contributed by atoms with Gasteiger partial charge in [-0.2, -0.15) is 0 Å². The lowest BCUT2D eigenvalue weighted by molar-refractivity contribution is 0.00928. The number of hydrogen-bond acceptors (Lipinski definition) is 4. The molecule has 0 aliphatic heterocycles. The van der Waals surface area contributed by atoms with Crippen molar-refractivity contribution in [3.63, 3.8) is 0 Å². The van der Waals surface area contributed by atoms with Crippen LogP contribution in [0.5, 0.6) is 0 Å². The molecule has 0 aromatic heterocycles. The summed E-state index contributed by atoms with van der Waals surface area (Å²) in [6.45, 7) is 13.7. The summed E-state index contributed by atoms with van der Waals surface area (Å²) in [7, 11) is 0. The third kappa shape index (κ3) is 6.59. The van der Waals surface area contributed by atoms with E-state index in [1.165, 1.54) is 0 Å². The lowest BCUT2D eigenvalue weighted by Gasteiger charge is -2.36. The van der Waals surface area contributed by atoms with E-state index in [0.717, 1.165) is 51.4 Å². The lowest BCUT2D eigenvalue weighted by Crippen LogP contribution is -2.30. The van der Waals surface area contributed by atoms with Crippen LogP contribution in [0.2, 0.25) is 0 Å². The third-order valence-corrected chi connectivity index (χ3v) is 7.68. The van der Waals surface area contributed by atoms with Crippen molar-refractivity contribution in [2.45, 2.75) is 105 Å². The van der Waals surface area contributed by atoms with E-state index in [4.69, 9.17) is 9.47 Å². The van der Waals surface area contributed by atoms with Gasteiger partial charge >= 0.3 is 11.9 Å². The van der Waals surface area contributed by atoms with E-state index >= 15 is 0 Å². The number of rotatable bonds is 4. The van der Waals surface area contributed by atoms with Crippen molar-refractivity contribution >= 4 is 11.9 Å². The molecular formula is C28H42O4. The molecule has 4 heteroatoms. The SMILES string of the molecule is CC(C)(C)C1CCC(OC(=O)c2cccc(C(=O)OC3CCC(C(C)(C)C)CC3)c2)CC1. The smallest absolute Gasteiger partial charge is 0.338 e. The van der Waals surface area contributed by atoms with Gasteiger partial charge in [0.2, 0.25) is 0 Å². The molecule has 0 N–H and O–H groups in total. The summed E-state index contributed by atoms with van der Waals surface area (Å²) in [6, 6.07) is 6.79. The Morgan fingerprint density at radius 2 is 1.00 bits per heavy atom. The molecule has 2 saturated carbocycles. The Balaban J connectivity index is 1.51. The number of hydrogen-bond donors (Lipinski definition) is 0. The molecule has 178 valence electrons. The predicted molar refractivity (Wildman–Crippen MR) is 128 cm³/mol. The normalized spacial score (nSPS) is 26.9. The Kier molecular flexibility index (Phi) is 7.73. The first-order chi connectivity index (χ1) is 14.9. The largest absolute Gasteiger partial charge is 0.459 e. The molecule has 0 bridgehead atoms. The maximum Gasteiger partial charge on any atom is 0.338 e. The fourth-order valence-electron chi connectivity index (χ4n) is 5.31. The van der Waals surface area contributed by atoms with Crippen LogP contribution >= 0.6 is 0 Å². The van der Waals surface area contributed by atoms with Crippen molar-refractivity contribution in [3.8, 4) is 0 Å². The second-order valence-electron chi connectivity index (χ2n) is 12.1. The Hall–Kier alpha value is -1.84. The molecule has 0 heterocycles. The first-order valence-corrected chi connectivity index (χ1v) is 12.5. The van der Waals surface area contributed by atoms with Gasteiger partial charge in [-0.05, 0) is 92.2 Å². The van der Waals surface area contributed by atoms with Crippen LogP contribution in [0, 0.1) is 22.7 Å². The summed E-state index contributed by atoms with van der Waals surface area (Å²) in [4.78, 5) is 25.4. The summed E-state index contributed by atoms with van der Waals surface area (Å²) in [5.41, 5.74) is 1.45. The summed E-state index contributed by atoms with van der Waals surface area (Å²) in [5.74, 6) is 0.664. The molecule has 3 rings (SSSR count). The zero-order chi connectivity index (χ0) is 23.5. The molecule has 0 radical (unpaired) electrons. The van der Waals surface area contributed by atoms with Gasteiger partial charge in [0, 0.05) is 0 Å². The Bertz CT molecular complexity index is 719. The molecular weight excluding hydrogens is 400 g/mol. The standard InChI is InChI=1S/C28H42O4/c1-27(2,3)21-10-14-23(15-11-21)31-25(29)19-8-7-9-20(18-19)26(30)32-24-16-12-22(13-17-24)28(4,5)6/h7-9,18,21-24H,10-17H2,1-6H3. The Labute approximate surface area is 194 Å². The molecule has 0 saturated heterocycles. The van der Waals surface area contributed by atoms with Gasteiger partial charge in [-0.1, -0.05) is 47.6 Å². The number of ether oxygens (including phenoxy) is 2. The average molecular weight is 443 g/mol. The minimum Gasteiger partial charge on any atom is -0.459 e. The minimum atomic E-state index is -0.343. The number of carbonyl (C=O) groups is 2. The van der Waals surface area contributed by atoms with Crippen molar-refractivity contribution in [1.29, 1.82) is 0 Å². The molecule has 1 aromatic carbocycles. The van der Waals surface area contributed by atoms with Crippen molar-refractivity contribution < 1.29 is 19.1 Å². The Morgan fingerprint density at radius 1 is 0.656 bits per heavy atom. The van der Waals surface area contributed by atoms with Crippen LogP contribution in [0.4, 0.5) is 0 Å². The van der Waals surface area contributed by atoms with Crippen molar-refractivity contribution in [1.82, 2.24) is 0 Å². The van der Waals surface area contributed by atoms with E-state index in [1.807, 2.05) is 0 Å². The van der Waals surface area contributed by atoms with Crippen LogP contribution in [-0.2, 0) is 9.47 Å². The van der Waals surface area contributed by atoms with Gasteiger partial charge in [-0.25, -0.2) is 9.59 Å². The number of esters is 2. The second kappa shape index (κ2) is 9.97. The zero-order valence-electron chi connectivity index (χ0n) is 20.9. The summed E-state index contributed by atoms with van der Waals surface area (Å²) in [6.07, 6.45) is 7.93. The molecule has 2 aliphatic rings. The van der Waals surface area contributed by atoms with Gasteiger partial charge in [0.05, 0.1) is 11.1 Å². The van der Waals surface area contributed by atoms with Gasteiger partial charge in [-0.15, -0.1) is 0 Å². The molecule has 2 fully saturated rings. The fourth-order valence-corrected chi connectivity index (χ4v) is 5.31. The maximum atomic E-state index is 12.7. The average Bonchev–Trinajstić information content (AvgIpc) is 2.73. The lowest BCUT2D eigenvalue weighted by atomic mass is 9.72. The molecule has 2 aliphatic carbocycles. The molecule has 1 aromatic rings. The summed E-state index contributed by atoms with van der Waals surface area (Å²) < 4.78 is 11.6. The molecule has 0 unspecified atom stereocenters. The van der Waals surface area contributed by atoms with Gasteiger partial charge in [0.1, 0.15) is 12.2 Å². The van der Waals surface area contributed by atoms with E-state index < -0.39 is 0 Å². The van der Waals surface area contributed by atoms with Crippen molar-refractivity contribution in [3.05, 3.63) is 35.4 Å². The molecule has 0 atom stereocenters. The van der Waals surface area contributed by atoms with Crippen molar-refractivity contribution in [2.75, 3.05) is 0 Å². The highest BCUT2D eigenvalue weighted by Gasteiger charge is 2.32. The summed E-state index contributed by atoms with van der Waals surface area (Å²) in [5, 5.41) is 0. The first kappa shape index (κ1) is 24.8. The van der Waals surface area contributed by atoms with Crippen LogP contribution in [-0.4, -0.2) is 24.1 Å². The summed E-state index contributed by atoms with van der Waals surface area (Å²) >= 11 is 0. The highest BCUT2D eigenvalue weighted by molar-refractivity contribution is 5.95. The second-order valence-corrected chi connectivity index (χ2v) is 12.1. The maximum absolute atomic E-state index is 12.7. The molecule has 0 spiro atoms. The van der Waals surface area contributed by atoms with Crippen LogP contribution in [0.15, 0.2) is 24.3 Å². The molecule has 0 amide bonds. The zero-order valence-corrected chi connectivity index (χ0v) is 20.9. The van der Waals surface area contributed by atoms with Gasteiger partial charge < -0.3 is 9.47 Å². The van der Waals surface area contributed by atoms with Gasteiger partial charge in [0.25, 0.3) is 0 Å². The van der Waals surface area contributed by atoms with Crippen molar-refractivity contribution in [2.24, 2.45) is 22.7 Å². The monoisotopic (exact) mass is 442 g/mol. The van der Waals surface area contributed by atoms with Crippen LogP contribution in [0.1, 0.15) is 114 Å². The van der Waals surface area contributed by atoms with E-state index in [2.05, 4.69) is 41.5 Å². The predicted octanol–water partition coefficient (Wildman–Crippen LogP) is 7.21. The quantitative estimate of drug-likeness (QED) is 0.462. The fraction of sp³-hybridized carbons (Fsp3) is 0.714. The number of benzene rings is 1. The van der Waals surface area contributed by atoms with Crippen LogP contribution in [0.25, 0.3) is 0 Å². The molecule has 32 heavy (non-hydrogen) atoms. The highest BCUT2D eigenvalue weighted by atomic mass is 16.5. The van der Waals surface area contributed by atoms with E-state index in [1.54, 1.807) is 24.3 Å². The minimum absolute atomic E-state index is 0.0327. The van der Waals surface area contributed by atoms with E-state index in [9.17, 15) is 9.59 Å². The van der Waals surface area contributed by atoms with Gasteiger partial charge in [0.15, 0.2) is 0 Å². The topological polar surface area (TPSA) is 52.6 Å². The van der Waals surface area contributed by atoms with Gasteiger partial charge in [-0.3, -0.25) is 0 Å². The van der Waals surface area contributed by atoms with E-state index in [0.29, 0.717) is 33.8 Å². The highest BCUT2D eigenvalue weighted by Crippen LogP contribution is 2.39.